The maximum absolute atomic E-state index is 13.0. The molecule has 0 spiro atoms. The minimum absolute atomic E-state index is 0.0854. The number of halogens is 3. The molecule has 9 heteroatoms. The van der Waals surface area contributed by atoms with E-state index in [4.69, 9.17) is 9.26 Å². The second kappa shape index (κ2) is 9.02. The number of aromatic nitrogens is 2. The molecule has 4 rings (SSSR count). The predicted molar refractivity (Wildman–Crippen MR) is 111 cm³/mol. The molecule has 1 atom stereocenters. The summed E-state index contributed by atoms with van der Waals surface area (Å²) in [5, 5.41) is 4.00. The van der Waals surface area contributed by atoms with E-state index in [9.17, 15) is 18.0 Å². The van der Waals surface area contributed by atoms with Crippen molar-refractivity contribution < 1.29 is 27.2 Å². The lowest BCUT2D eigenvalue weighted by Crippen LogP contribution is -2.24. The van der Waals surface area contributed by atoms with Gasteiger partial charge in [-0.25, -0.2) is 0 Å². The maximum Gasteiger partial charge on any atom is 0.416 e. The van der Waals surface area contributed by atoms with Crippen molar-refractivity contribution in [2.24, 2.45) is 0 Å². The molecule has 1 unspecified atom stereocenters. The second-order valence-electron chi connectivity index (χ2n) is 7.64. The van der Waals surface area contributed by atoms with Gasteiger partial charge in [0.1, 0.15) is 5.75 Å². The molecule has 168 valence electrons. The fourth-order valence-corrected chi connectivity index (χ4v) is 3.53. The van der Waals surface area contributed by atoms with Crippen molar-refractivity contribution in [3.05, 3.63) is 60.0 Å². The summed E-state index contributed by atoms with van der Waals surface area (Å²) in [6, 6.07) is 12.0. The van der Waals surface area contributed by atoms with E-state index >= 15 is 0 Å². The monoisotopic (exact) mass is 445 g/mol. The normalized spacial score (nSPS) is 16.6. The van der Waals surface area contributed by atoms with Crippen LogP contribution in [-0.4, -0.2) is 29.2 Å². The third kappa shape index (κ3) is 4.76. The van der Waals surface area contributed by atoms with Crippen LogP contribution in [0.25, 0.3) is 11.4 Å². The summed E-state index contributed by atoms with van der Waals surface area (Å²) in [5.74, 6) is 0.734. The molecule has 1 aromatic heterocycles. The lowest BCUT2D eigenvalue weighted by atomic mass is 10.1. The maximum atomic E-state index is 13.0. The van der Waals surface area contributed by atoms with Crippen LogP contribution in [0.2, 0.25) is 0 Å². The van der Waals surface area contributed by atoms with Gasteiger partial charge in [0.05, 0.1) is 18.1 Å². The highest BCUT2D eigenvalue weighted by Gasteiger charge is 2.37. The van der Waals surface area contributed by atoms with Crippen molar-refractivity contribution >= 4 is 11.6 Å². The Morgan fingerprint density at radius 3 is 2.69 bits per heavy atom. The Bertz CT molecular complexity index is 1080. The van der Waals surface area contributed by atoms with Crippen LogP contribution in [0.1, 0.15) is 43.6 Å². The number of rotatable bonds is 7. The van der Waals surface area contributed by atoms with Gasteiger partial charge in [0.25, 0.3) is 0 Å². The lowest BCUT2D eigenvalue weighted by Gasteiger charge is -2.17. The number of nitrogens with zero attached hydrogens (tertiary/aromatic N) is 3. The molecule has 3 aromatic rings. The van der Waals surface area contributed by atoms with E-state index < -0.39 is 17.7 Å². The van der Waals surface area contributed by atoms with Gasteiger partial charge in [-0.2, -0.15) is 18.2 Å². The van der Waals surface area contributed by atoms with Crippen molar-refractivity contribution in [3.8, 4) is 17.1 Å². The van der Waals surface area contributed by atoms with Crippen LogP contribution in [0.4, 0.5) is 18.9 Å². The van der Waals surface area contributed by atoms with Gasteiger partial charge in [-0.3, -0.25) is 4.79 Å². The highest BCUT2D eigenvalue weighted by Crippen LogP contribution is 2.35. The number of anilines is 1. The van der Waals surface area contributed by atoms with E-state index in [0.717, 1.165) is 36.3 Å². The minimum atomic E-state index is -4.48. The Balaban J connectivity index is 1.46. The summed E-state index contributed by atoms with van der Waals surface area (Å²) in [6.07, 6.45) is -2.36. The molecule has 1 aliphatic heterocycles. The third-order valence-corrected chi connectivity index (χ3v) is 5.28. The van der Waals surface area contributed by atoms with Crippen LogP contribution in [0, 0.1) is 0 Å². The molecule has 0 aliphatic carbocycles. The topological polar surface area (TPSA) is 68.5 Å². The number of carbonyl (C=O) groups is 1. The molecule has 1 aliphatic rings. The highest BCUT2D eigenvalue weighted by molar-refractivity contribution is 5.96. The van der Waals surface area contributed by atoms with Crippen molar-refractivity contribution in [3.63, 3.8) is 0 Å². The average Bonchev–Trinajstić information content (AvgIpc) is 3.41. The first-order valence-corrected chi connectivity index (χ1v) is 10.4. The number of carbonyl (C=O) groups excluding carboxylic acids is 1. The molecule has 2 heterocycles. The molecular weight excluding hydrogens is 423 g/mol. The first kappa shape index (κ1) is 21.9. The summed E-state index contributed by atoms with van der Waals surface area (Å²) in [6.45, 7) is 2.92. The summed E-state index contributed by atoms with van der Waals surface area (Å²) in [4.78, 5) is 18.2. The molecule has 0 saturated carbocycles. The number of hydrogen-bond acceptors (Lipinski definition) is 5. The number of alkyl halides is 3. The van der Waals surface area contributed by atoms with Gasteiger partial charge in [-0.1, -0.05) is 24.6 Å². The van der Waals surface area contributed by atoms with Crippen molar-refractivity contribution in [2.75, 3.05) is 18.1 Å². The van der Waals surface area contributed by atoms with Gasteiger partial charge in [0.2, 0.25) is 17.6 Å². The zero-order chi connectivity index (χ0) is 22.7. The summed E-state index contributed by atoms with van der Waals surface area (Å²) >= 11 is 0. The molecule has 0 bridgehead atoms. The number of benzene rings is 2. The Kier molecular flexibility index (Phi) is 6.16. The molecule has 2 aromatic carbocycles. The third-order valence-electron chi connectivity index (χ3n) is 5.28. The highest BCUT2D eigenvalue weighted by atomic mass is 19.4. The Morgan fingerprint density at radius 2 is 1.97 bits per heavy atom. The number of amides is 1. The lowest BCUT2D eigenvalue weighted by molar-refractivity contribution is -0.137. The Hall–Kier alpha value is -3.36. The molecule has 1 amide bonds. The van der Waals surface area contributed by atoms with Gasteiger partial charge >= 0.3 is 6.18 Å². The SMILES string of the molecule is CCCCOc1ccc(-c2noc(C3CC(=O)N(c4cccc(C(F)(F)F)c4)C3)n2)cc1. The van der Waals surface area contributed by atoms with Crippen LogP contribution in [0.3, 0.4) is 0 Å². The van der Waals surface area contributed by atoms with Gasteiger partial charge in [-0.05, 0) is 48.9 Å². The first-order valence-electron chi connectivity index (χ1n) is 10.4. The van der Waals surface area contributed by atoms with E-state index in [0.29, 0.717) is 12.4 Å². The van der Waals surface area contributed by atoms with Crippen LogP contribution in [0.15, 0.2) is 53.1 Å². The second-order valence-corrected chi connectivity index (χ2v) is 7.64. The van der Waals surface area contributed by atoms with E-state index in [1.807, 2.05) is 24.3 Å². The van der Waals surface area contributed by atoms with Gasteiger partial charge in [0.15, 0.2) is 0 Å². The largest absolute Gasteiger partial charge is 0.494 e. The fourth-order valence-electron chi connectivity index (χ4n) is 3.53. The van der Waals surface area contributed by atoms with Crippen LogP contribution in [-0.2, 0) is 11.0 Å². The molecule has 0 N–H and O–H groups in total. The molecular formula is C23H22F3N3O3. The molecule has 1 fully saturated rings. The zero-order valence-electron chi connectivity index (χ0n) is 17.4. The minimum Gasteiger partial charge on any atom is -0.494 e. The number of ether oxygens (including phenoxy) is 1. The molecule has 6 nitrogen and oxygen atoms in total. The van der Waals surface area contributed by atoms with Crippen LogP contribution < -0.4 is 9.64 Å². The van der Waals surface area contributed by atoms with E-state index in [2.05, 4.69) is 17.1 Å². The average molecular weight is 445 g/mol. The quantitative estimate of drug-likeness (QED) is 0.452. The Morgan fingerprint density at radius 1 is 1.19 bits per heavy atom. The molecule has 0 radical (unpaired) electrons. The standard InChI is InChI=1S/C23H22F3N3O3/c1-2-3-11-31-19-9-7-15(8-10-19)21-27-22(32-28-21)16-12-20(30)29(14-16)18-6-4-5-17(13-18)23(24,25)26/h4-10,13,16H,2-3,11-12,14H2,1H3. The van der Waals surface area contributed by atoms with E-state index in [1.54, 1.807) is 0 Å². The van der Waals surface area contributed by atoms with Crippen LogP contribution >= 0.6 is 0 Å². The first-order chi connectivity index (χ1) is 15.3. The fraction of sp³-hybridized carbons (Fsp3) is 0.348. The summed E-state index contributed by atoms with van der Waals surface area (Å²) in [7, 11) is 0. The zero-order valence-corrected chi connectivity index (χ0v) is 17.4. The number of unbranched alkanes of at least 4 members (excludes halogenated alkanes) is 1. The smallest absolute Gasteiger partial charge is 0.416 e. The summed E-state index contributed by atoms with van der Waals surface area (Å²) < 4.78 is 50.1. The van der Waals surface area contributed by atoms with Gasteiger partial charge in [0, 0.05) is 24.2 Å². The summed E-state index contributed by atoms with van der Waals surface area (Å²) in [5.41, 5.74) is 0.140. The van der Waals surface area contributed by atoms with Crippen molar-refractivity contribution in [2.45, 2.75) is 38.3 Å². The van der Waals surface area contributed by atoms with Crippen LogP contribution in [0.5, 0.6) is 5.75 Å². The van der Waals surface area contributed by atoms with E-state index in [-0.39, 0.29) is 30.5 Å². The van der Waals surface area contributed by atoms with E-state index in [1.165, 1.54) is 17.0 Å². The molecule has 32 heavy (non-hydrogen) atoms. The van der Waals surface area contributed by atoms with Crippen molar-refractivity contribution in [1.29, 1.82) is 0 Å². The van der Waals surface area contributed by atoms with Crippen molar-refractivity contribution in [1.82, 2.24) is 10.1 Å². The predicted octanol–water partition coefficient (Wildman–Crippen LogP) is 5.45. The molecule has 1 saturated heterocycles. The van der Waals surface area contributed by atoms with Gasteiger partial charge < -0.3 is 14.2 Å². The Labute approximate surface area is 183 Å². The number of hydrogen-bond donors (Lipinski definition) is 0. The van der Waals surface area contributed by atoms with Gasteiger partial charge in [-0.15, -0.1) is 0 Å².